The molecule has 0 saturated heterocycles. The van der Waals surface area contributed by atoms with Crippen LogP contribution < -0.4 is 4.83 Å². The van der Waals surface area contributed by atoms with Gasteiger partial charge in [-0.05, 0) is 67.1 Å². The lowest BCUT2D eigenvalue weighted by Gasteiger charge is -2.09. The lowest BCUT2D eigenvalue weighted by molar-refractivity contribution is 0.585. The summed E-state index contributed by atoms with van der Waals surface area (Å²) in [6, 6.07) is 22.1. The zero-order valence-corrected chi connectivity index (χ0v) is 18.1. The first-order valence-corrected chi connectivity index (χ1v) is 11.2. The molecule has 0 atom stereocenters. The van der Waals surface area contributed by atoms with Crippen LogP contribution in [0.3, 0.4) is 0 Å². The quantitative estimate of drug-likeness (QED) is 0.344. The average Bonchev–Trinajstić information content (AvgIpc) is 3.01. The highest BCUT2D eigenvalue weighted by Gasteiger charge is 2.14. The van der Waals surface area contributed by atoms with Crippen molar-refractivity contribution in [2.24, 2.45) is 5.10 Å². The molecule has 0 spiro atoms. The van der Waals surface area contributed by atoms with E-state index in [0.29, 0.717) is 5.02 Å². The number of benzene rings is 3. The molecule has 0 aliphatic carbocycles. The Hall–Kier alpha value is -3.09. The fourth-order valence-corrected chi connectivity index (χ4v) is 4.41. The molecule has 0 bridgehead atoms. The third-order valence-corrected chi connectivity index (χ3v) is 6.44. The molecule has 0 radical (unpaired) electrons. The molecule has 4 rings (SSSR count). The van der Waals surface area contributed by atoms with Gasteiger partial charge < -0.3 is 4.57 Å². The number of nitrogens with zero attached hydrogens (tertiary/aromatic N) is 2. The Bertz CT molecular complexity index is 1360. The predicted molar refractivity (Wildman–Crippen MR) is 122 cm³/mol. The number of hydrazone groups is 1. The fourth-order valence-electron chi connectivity index (χ4n) is 3.46. The number of aromatic nitrogens is 1. The molecule has 30 heavy (non-hydrogen) atoms. The summed E-state index contributed by atoms with van der Waals surface area (Å²) in [5.41, 5.74) is 3.76. The Labute approximate surface area is 180 Å². The number of hydrogen-bond acceptors (Lipinski definition) is 3. The van der Waals surface area contributed by atoms with Crippen LogP contribution in [0.15, 0.2) is 82.8 Å². The van der Waals surface area contributed by atoms with Gasteiger partial charge in [0.05, 0.1) is 11.1 Å². The van der Waals surface area contributed by atoms with Crippen molar-refractivity contribution in [3.05, 3.63) is 94.8 Å². The van der Waals surface area contributed by atoms with Crippen molar-refractivity contribution < 1.29 is 8.42 Å². The highest BCUT2D eigenvalue weighted by atomic mass is 35.5. The van der Waals surface area contributed by atoms with Crippen LogP contribution in [0.1, 0.15) is 17.0 Å². The third kappa shape index (κ3) is 3.97. The Balaban J connectivity index is 1.58. The second-order valence-corrected chi connectivity index (χ2v) is 9.10. The van der Waals surface area contributed by atoms with Crippen LogP contribution in [-0.2, 0) is 10.0 Å². The molecular weight excluding hydrogens is 418 g/mol. The van der Waals surface area contributed by atoms with Crippen LogP contribution in [0.5, 0.6) is 0 Å². The van der Waals surface area contributed by atoms with Crippen LogP contribution >= 0.6 is 11.6 Å². The van der Waals surface area contributed by atoms with Gasteiger partial charge in [0.25, 0.3) is 10.0 Å². The van der Waals surface area contributed by atoms with E-state index in [9.17, 15) is 8.42 Å². The number of sulfonamides is 1. The number of aryl methyl sites for hydroxylation is 1. The minimum Gasteiger partial charge on any atom is -0.318 e. The molecule has 152 valence electrons. The van der Waals surface area contributed by atoms with Crippen LogP contribution in [0.25, 0.3) is 16.5 Å². The van der Waals surface area contributed by atoms with Crippen LogP contribution in [0, 0.1) is 13.8 Å². The number of halogens is 1. The molecule has 0 aliphatic rings. The first-order valence-electron chi connectivity index (χ1n) is 9.34. The van der Waals surface area contributed by atoms with Crippen molar-refractivity contribution in [2.45, 2.75) is 18.7 Å². The standard InChI is InChI=1S/C23H20ClN3O2S/c1-16-13-20(17(2)27(16)22-10-8-21(24)9-11-22)15-25-26-30(28,29)23-12-7-18-5-3-4-6-19(18)14-23/h3-15,26H,1-2H3/b25-15+. The van der Waals surface area contributed by atoms with E-state index in [1.807, 2.05) is 68.4 Å². The molecule has 1 aromatic heterocycles. The molecule has 1 N–H and O–H groups in total. The second kappa shape index (κ2) is 7.97. The van der Waals surface area contributed by atoms with Gasteiger partial charge in [-0.25, -0.2) is 4.83 Å². The zero-order chi connectivity index (χ0) is 21.3. The van der Waals surface area contributed by atoms with Crippen molar-refractivity contribution in [1.29, 1.82) is 0 Å². The van der Waals surface area contributed by atoms with Gasteiger partial charge in [-0.1, -0.05) is 41.9 Å². The molecule has 7 heteroatoms. The number of rotatable bonds is 5. The molecule has 0 amide bonds. The minimum absolute atomic E-state index is 0.171. The van der Waals surface area contributed by atoms with Gasteiger partial charge in [0.2, 0.25) is 0 Å². The highest BCUT2D eigenvalue weighted by molar-refractivity contribution is 7.89. The van der Waals surface area contributed by atoms with Gasteiger partial charge in [0.15, 0.2) is 0 Å². The monoisotopic (exact) mass is 437 g/mol. The lowest BCUT2D eigenvalue weighted by Crippen LogP contribution is -2.18. The topological polar surface area (TPSA) is 63.5 Å². The van der Waals surface area contributed by atoms with Crippen molar-refractivity contribution in [1.82, 2.24) is 9.40 Å². The summed E-state index contributed by atoms with van der Waals surface area (Å²) >= 11 is 5.98. The van der Waals surface area contributed by atoms with Crippen LogP contribution in [-0.4, -0.2) is 19.2 Å². The summed E-state index contributed by atoms with van der Waals surface area (Å²) < 4.78 is 27.3. The van der Waals surface area contributed by atoms with Gasteiger partial charge >= 0.3 is 0 Å². The molecule has 0 aliphatic heterocycles. The second-order valence-electron chi connectivity index (χ2n) is 7.00. The van der Waals surface area contributed by atoms with Crippen LogP contribution in [0.4, 0.5) is 0 Å². The van der Waals surface area contributed by atoms with E-state index in [4.69, 9.17) is 11.6 Å². The molecule has 0 fully saturated rings. The van der Waals surface area contributed by atoms with E-state index in [-0.39, 0.29) is 4.90 Å². The molecular formula is C23H20ClN3O2S. The van der Waals surface area contributed by atoms with Crippen molar-refractivity contribution >= 4 is 38.6 Å². The van der Waals surface area contributed by atoms with E-state index < -0.39 is 10.0 Å². The van der Waals surface area contributed by atoms with Crippen molar-refractivity contribution in [2.75, 3.05) is 0 Å². The Kier molecular flexibility index (Phi) is 5.37. The van der Waals surface area contributed by atoms with Gasteiger partial charge in [0.1, 0.15) is 0 Å². The SMILES string of the molecule is Cc1cc(/C=N/NS(=O)(=O)c2ccc3ccccc3c2)c(C)n1-c1ccc(Cl)cc1. The highest BCUT2D eigenvalue weighted by Crippen LogP contribution is 2.22. The predicted octanol–water partition coefficient (Wildman–Crippen LogP) is 5.21. The fraction of sp³-hybridized carbons (Fsp3) is 0.0870. The molecule has 5 nitrogen and oxygen atoms in total. The minimum atomic E-state index is -3.76. The van der Waals surface area contributed by atoms with E-state index in [1.165, 1.54) is 6.21 Å². The maximum atomic E-state index is 12.6. The summed E-state index contributed by atoms with van der Waals surface area (Å²) in [4.78, 5) is 2.48. The van der Waals surface area contributed by atoms with E-state index in [1.54, 1.807) is 18.2 Å². The summed E-state index contributed by atoms with van der Waals surface area (Å²) in [7, 11) is -3.76. The Morgan fingerprint density at radius 1 is 0.933 bits per heavy atom. The lowest BCUT2D eigenvalue weighted by atomic mass is 10.1. The molecule has 1 heterocycles. The summed E-state index contributed by atoms with van der Waals surface area (Å²) in [5.74, 6) is 0. The molecule has 4 aromatic rings. The third-order valence-electron chi connectivity index (χ3n) is 4.96. The summed E-state index contributed by atoms with van der Waals surface area (Å²) in [6.45, 7) is 3.94. The van der Waals surface area contributed by atoms with Gasteiger partial charge in [-0.3, -0.25) is 0 Å². The van der Waals surface area contributed by atoms with Gasteiger partial charge in [-0.2, -0.15) is 13.5 Å². The number of nitrogens with one attached hydrogen (secondary N) is 1. The van der Waals surface area contributed by atoms with E-state index in [2.05, 4.69) is 14.5 Å². The van der Waals surface area contributed by atoms with Crippen molar-refractivity contribution in [3.8, 4) is 5.69 Å². The van der Waals surface area contributed by atoms with Gasteiger partial charge in [-0.15, -0.1) is 0 Å². The Morgan fingerprint density at radius 2 is 1.63 bits per heavy atom. The largest absolute Gasteiger partial charge is 0.318 e. The Morgan fingerprint density at radius 3 is 2.37 bits per heavy atom. The van der Waals surface area contributed by atoms with Gasteiger partial charge in [0, 0.05) is 27.7 Å². The molecule has 3 aromatic carbocycles. The van der Waals surface area contributed by atoms with Crippen molar-refractivity contribution in [3.63, 3.8) is 0 Å². The zero-order valence-electron chi connectivity index (χ0n) is 16.5. The summed E-state index contributed by atoms with van der Waals surface area (Å²) in [5, 5.41) is 6.51. The maximum absolute atomic E-state index is 12.6. The van der Waals surface area contributed by atoms with E-state index in [0.717, 1.165) is 33.4 Å². The molecule has 0 unspecified atom stereocenters. The number of fused-ring (bicyclic) bond motifs is 1. The normalized spacial score (nSPS) is 12.0. The molecule has 0 saturated carbocycles. The van der Waals surface area contributed by atoms with Crippen LogP contribution in [0.2, 0.25) is 5.02 Å². The number of hydrogen-bond donors (Lipinski definition) is 1. The maximum Gasteiger partial charge on any atom is 0.276 e. The first kappa shape index (κ1) is 20.2. The smallest absolute Gasteiger partial charge is 0.276 e. The summed E-state index contributed by atoms with van der Waals surface area (Å²) in [6.07, 6.45) is 1.52. The average molecular weight is 438 g/mol. The van der Waals surface area contributed by atoms with E-state index >= 15 is 0 Å². The first-order chi connectivity index (χ1) is 14.3.